The van der Waals surface area contributed by atoms with E-state index in [4.69, 9.17) is 5.73 Å². The maximum absolute atomic E-state index is 12.5. The number of anilines is 2. The van der Waals surface area contributed by atoms with E-state index in [1.54, 1.807) is 17.0 Å². The quantitative estimate of drug-likeness (QED) is 0.827. The average Bonchev–Trinajstić information content (AvgIpc) is 2.48. The highest BCUT2D eigenvalue weighted by molar-refractivity contribution is 5.43. The van der Waals surface area contributed by atoms with Crippen molar-refractivity contribution in [2.45, 2.75) is 33.4 Å². The van der Waals surface area contributed by atoms with Crippen LogP contribution in [0.5, 0.6) is 0 Å². The average molecular weight is 286 g/mol. The predicted molar refractivity (Wildman–Crippen MR) is 86.4 cm³/mol. The van der Waals surface area contributed by atoms with Crippen LogP contribution in [-0.2, 0) is 13.1 Å². The number of nitrogens with zero attached hydrogens (tertiary/aromatic N) is 3. The van der Waals surface area contributed by atoms with Crippen molar-refractivity contribution in [3.8, 4) is 0 Å². The van der Waals surface area contributed by atoms with E-state index < -0.39 is 0 Å². The zero-order valence-corrected chi connectivity index (χ0v) is 12.6. The zero-order valence-electron chi connectivity index (χ0n) is 12.6. The van der Waals surface area contributed by atoms with Gasteiger partial charge in [0.25, 0.3) is 5.56 Å². The predicted octanol–water partition coefficient (Wildman–Crippen LogP) is 2.26. The molecule has 0 radical (unpaired) electrons. The second-order valence-electron chi connectivity index (χ2n) is 5.01. The van der Waals surface area contributed by atoms with Gasteiger partial charge in [0.05, 0.1) is 0 Å². The second-order valence-corrected chi connectivity index (χ2v) is 5.01. The summed E-state index contributed by atoms with van der Waals surface area (Å²) in [5.41, 5.74) is 7.57. The molecule has 1 aromatic heterocycles. The van der Waals surface area contributed by atoms with Crippen LogP contribution >= 0.6 is 0 Å². The van der Waals surface area contributed by atoms with Gasteiger partial charge in [0.15, 0.2) is 5.82 Å². The molecule has 21 heavy (non-hydrogen) atoms. The summed E-state index contributed by atoms with van der Waals surface area (Å²) in [6.07, 6.45) is 4.35. The van der Waals surface area contributed by atoms with Crippen LogP contribution in [0.15, 0.2) is 41.5 Å². The maximum atomic E-state index is 12.5. The monoisotopic (exact) mass is 286 g/mol. The fourth-order valence-electron chi connectivity index (χ4n) is 2.32. The van der Waals surface area contributed by atoms with E-state index in [0.717, 1.165) is 17.7 Å². The molecule has 112 valence electrons. The van der Waals surface area contributed by atoms with Gasteiger partial charge in [0.1, 0.15) is 0 Å². The smallest absolute Gasteiger partial charge is 0.293 e. The van der Waals surface area contributed by atoms with E-state index in [0.29, 0.717) is 25.5 Å². The Hall–Kier alpha value is -2.30. The Morgan fingerprint density at radius 2 is 2.14 bits per heavy atom. The van der Waals surface area contributed by atoms with E-state index in [-0.39, 0.29) is 5.56 Å². The van der Waals surface area contributed by atoms with Crippen molar-refractivity contribution >= 4 is 11.5 Å². The molecular weight excluding hydrogens is 264 g/mol. The van der Waals surface area contributed by atoms with Crippen LogP contribution in [0.2, 0.25) is 0 Å². The molecule has 0 spiro atoms. The Labute approximate surface area is 125 Å². The summed E-state index contributed by atoms with van der Waals surface area (Å²) < 4.78 is 1.71. The van der Waals surface area contributed by atoms with Gasteiger partial charge in [-0.2, -0.15) is 0 Å². The highest BCUT2D eigenvalue weighted by Crippen LogP contribution is 2.13. The number of rotatable bonds is 6. The summed E-state index contributed by atoms with van der Waals surface area (Å²) in [7, 11) is 0. The number of aryl methyl sites for hydroxylation is 1. The fraction of sp³-hybridized carbons (Fsp3) is 0.375. The van der Waals surface area contributed by atoms with Crippen molar-refractivity contribution in [3.63, 3.8) is 0 Å². The van der Waals surface area contributed by atoms with Crippen molar-refractivity contribution in [3.05, 3.63) is 52.6 Å². The summed E-state index contributed by atoms with van der Waals surface area (Å²) in [5.74, 6) is 0.496. The summed E-state index contributed by atoms with van der Waals surface area (Å²) in [6.45, 7) is 6.12. The van der Waals surface area contributed by atoms with Gasteiger partial charge in [-0.25, -0.2) is 4.98 Å². The molecule has 5 heteroatoms. The molecule has 0 aliphatic heterocycles. The fourth-order valence-corrected chi connectivity index (χ4v) is 2.32. The lowest BCUT2D eigenvalue weighted by molar-refractivity contribution is 0.641. The first-order valence-electron chi connectivity index (χ1n) is 7.30. The molecule has 2 rings (SSSR count). The summed E-state index contributed by atoms with van der Waals surface area (Å²) in [4.78, 5) is 18.7. The van der Waals surface area contributed by atoms with Crippen LogP contribution in [-0.4, -0.2) is 16.1 Å². The first kappa shape index (κ1) is 15.1. The lowest BCUT2D eigenvalue weighted by Crippen LogP contribution is -2.32. The van der Waals surface area contributed by atoms with Crippen molar-refractivity contribution in [2.24, 2.45) is 0 Å². The van der Waals surface area contributed by atoms with Crippen molar-refractivity contribution in [1.29, 1.82) is 0 Å². The van der Waals surface area contributed by atoms with Gasteiger partial charge in [-0.15, -0.1) is 0 Å². The number of nitrogens with two attached hydrogens (primary N) is 1. The van der Waals surface area contributed by atoms with Crippen LogP contribution in [0, 0.1) is 0 Å². The molecule has 0 atom stereocenters. The molecule has 2 N–H and O–H groups in total. The molecule has 0 aliphatic carbocycles. The van der Waals surface area contributed by atoms with Crippen LogP contribution in [0.4, 0.5) is 11.5 Å². The van der Waals surface area contributed by atoms with Gasteiger partial charge in [-0.05, 0) is 31.0 Å². The summed E-state index contributed by atoms with van der Waals surface area (Å²) >= 11 is 0. The molecule has 0 fully saturated rings. The Bertz CT molecular complexity index is 651. The minimum atomic E-state index is -0.0369. The van der Waals surface area contributed by atoms with E-state index >= 15 is 0 Å². The molecule has 2 aromatic rings. The van der Waals surface area contributed by atoms with Gasteiger partial charge < -0.3 is 15.2 Å². The number of hydrogen-bond donors (Lipinski definition) is 1. The molecule has 0 saturated heterocycles. The van der Waals surface area contributed by atoms with Crippen molar-refractivity contribution < 1.29 is 0 Å². The number of aromatic nitrogens is 2. The van der Waals surface area contributed by atoms with E-state index in [1.807, 2.05) is 36.1 Å². The van der Waals surface area contributed by atoms with Gasteiger partial charge in [-0.1, -0.05) is 19.1 Å². The minimum Gasteiger partial charge on any atom is -0.399 e. The van der Waals surface area contributed by atoms with E-state index in [9.17, 15) is 4.79 Å². The van der Waals surface area contributed by atoms with Crippen LogP contribution in [0.1, 0.15) is 25.8 Å². The van der Waals surface area contributed by atoms with E-state index in [2.05, 4.69) is 11.9 Å². The number of nitrogen functional groups attached to an aromatic ring is 1. The van der Waals surface area contributed by atoms with Crippen LogP contribution < -0.4 is 16.2 Å². The third-order valence-electron chi connectivity index (χ3n) is 3.37. The first-order chi connectivity index (χ1) is 10.2. The normalized spacial score (nSPS) is 10.6. The Morgan fingerprint density at radius 1 is 1.33 bits per heavy atom. The molecule has 5 nitrogen and oxygen atoms in total. The number of benzene rings is 1. The minimum absolute atomic E-state index is 0.0369. The Morgan fingerprint density at radius 3 is 2.81 bits per heavy atom. The molecule has 0 unspecified atom stereocenters. The Balaban J connectivity index is 2.29. The van der Waals surface area contributed by atoms with E-state index in [1.165, 1.54) is 0 Å². The van der Waals surface area contributed by atoms with Crippen LogP contribution in [0.25, 0.3) is 0 Å². The Kier molecular flexibility index (Phi) is 4.98. The van der Waals surface area contributed by atoms with Gasteiger partial charge in [0, 0.05) is 37.7 Å². The maximum Gasteiger partial charge on any atom is 0.293 e. The summed E-state index contributed by atoms with van der Waals surface area (Å²) in [6, 6.07) is 7.71. The first-order valence-corrected chi connectivity index (χ1v) is 7.30. The largest absolute Gasteiger partial charge is 0.399 e. The highest BCUT2D eigenvalue weighted by atomic mass is 16.1. The lowest BCUT2D eigenvalue weighted by atomic mass is 10.2. The molecule has 0 aliphatic rings. The van der Waals surface area contributed by atoms with Gasteiger partial charge >= 0.3 is 0 Å². The lowest BCUT2D eigenvalue weighted by Gasteiger charge is -2.22. The molecule has 0 saturated carbocycles. The van der Waals surface area contributed by atoms with Crippen molar-refractivity contribution in [1.82, 2.24) is 9.55 Å². The standard InChI is InChI=1S/C16H22N4O/c1-3-9-20-10-8-18-15(16(20)21)19(4-2)12-13-6-5-7-14(17)11-13/h5-8,10-11H,3-4,9,12,17H2,1-2H3. The second kappa shape index (κ2) is 6.92. The molecular formula is C16H22N4O. The highest BCUT2D eigenvalue weighted by Gasteiger charge is 2.12. The third-order valence-corrected chi connectivity index (χ3v) is 3.37. The molecule has 1 aromatic carbocycles. The molecule has 0 bridgehead atoms. The topological polar surface area (TPSA) is 64.2 Å². The van der Waals surface area contributed by atoms with Gasteiger partial charge in [-0.3, -0.25) is 4.79 Å². The number of hydrogen-bond acceptors (Lipinski definition) is 4. The van der Waals surface area contributed by atoms with Crippen molar-refractivity contribution in [2.75, 3.05) is 17.2 Å². The zero-order chi connectivity index (χ0) is 15.2. The molecule has 0 amide bonds. The third kappa shape index (κ3) is 3.62. The summed E-state index contributed by atoms with van der Waals surface area (Å²) in [5, 5.41) is 0. The van der Waals surface area contributed by atoms with Gasteiger partial charge in [0.2, 0.25) is 0 Å². The van der Waals surface area contributed by atoms with Crippen LogP contribution in [0.3, 0.4) is 0 Å². The SMILES string of the molecule is CCCn1ccnc(N(CC)Cc2cccc(N)c2)c1=O. The molecule has 1 heterocycles.